The topological polar surface area (TPSA) is 53.5 Å². The van der Waals surface area contributed by atoms with Gasteiger partial charge in [-0.25, -0.2) is 4.39 Å². The zero-order chi connectivity index (χ0) is 14.0. The van der Waals surface area contributed by atoms with Gasteiger partial charge in [-0.1, -0.05) is 19.1 Å². The van der Waals surface area contributed by atoms with Crippen molar-refractivity contribution in [3.8, 4) is 0 Å². The third-order valence-electron chi connectivity index (χ3n) is 3.21. The van der Waals surface area contributed by atoms with E-state index < -0.39 is 5.54 Å². The molecule has 1 aliphatic heterocycles. The molecule has 1 aromatic carbocycles. The molecule has 0 spiro atoms. The van der Waals surface area contributed by atoms with Gasteiger partial charge in [0.25, 0.3) is 5.91 Å². The number of hydrogen-bond acceptors (Lipinski definition) is 2. The van der Waals surface area contributed by atoms with Gasteiger partial charge in [-0.15, -0.1) is 0 Å². The molecular formula is C14H18FN3O. The fourth-order valence-electron chi connectivity index (χ4n) is 2.22. The van der Waals surface area contributed by atoms with E-state index >= 15 is 0 Å². The highest BCUT2D eigenvalue weighted by atomic mass is 19.1. The summed E-state index contributed by atoms with van der Waals surface area (Å²) in [5.41, 5.74) is -0.121. The van der Waals surface area contributed by atoms with Crippen LogP contribution in [0.4, 0.5) is 4.39 Å². The minimum absolute atomic E-state index is 0.0867. The molecule has 0 aliphatic carbocycles. The number of aliphatic imine (C=N–C) groups is 1. The molecule has 102 valence electrons. The highest BCUT2D eigenvalue weighted by Crippen LogP contribution is 2.28. The Morgan fingerprint density at radius 2 is 1.95 bits per heavy atom. The number of nitrogens with one attached hydrogen (secondary N) is 2. The van der Waals surface area contributed by atoms with Crippen LogP contribution in [0.15, 0.2) is 29.3 Å². The van der Waals surface area contributed by atoms with Crippen LogP contribution in [-0.4, -0.2) is 17.9 Å². The van der Waals surface area contributed by atoms with E-state index in [9.17, 15) is 9.18 Å². The first kappa shape index (κ1) is 13.5. The molecule has 1 aliphatic rings. The van der Waals surface area contributed by atoms with Crippen LogP contribution in [-0.2, 0) is 10.3 Å². The second kappa shape index (κ2) is 4.99. The van der Waals surface area contributed by atoms with Crippen LogP contribution in [0, 0.1) is 5.82 Å². The molecule has 0 aromatic heterocycles. The van der Waals surface area contributed by atoms with Crippen molar-refractivity contribution in [2.45, 2.75) is 38.8 Å². The largest absolute Gasteiger partial charge is 0.338 e. The van der Waals surface area contributed by atoms with Crippen molar-refractivity contribution in [3.05, 3.63) is 35.6 Å². The molecule has 1 heterocycles. The Bertz CT molecular complexity index is 510. The lowest BCUT2D eigenvalue weighted by Gasteiger charge is -2.25. The number of carbonyl (C=O) groups excluding carboxylic acids is 1. The van der Waals surface area contributed by atoms with Gasteiger partial charge < -0.3 is 5.32 Å². The van der Waals surface area contributed by atoms with Gasteiger partial charge in [-0.2, -0.15) is 0 Å². The predicted octanol–water partition coefficient (Wildman–Crippen LogP) is 1.91. The Balaban J connectivity index is 2.38. The number of guanidine groups is 1. The van der Waals surface area contributed by atoms with Crippen LogP contribution in [0.2, 0.25) is 0 Å². The van der Waals surface area contributed by atoms with Gasteiger partial charge in [0.2, 0.25) is 0 Å². The lowest BCUT2D eigenvalue weighted by atomic mass is 9.87. The van der Waals surface area contributed by atoms with Crippen molar-refractivity contribution in [1.82, 2.24) is 10.6 Å². The van der Waals surface area contributed by atoms with E-state index in [-0.39, 0.29) is 17.8 Å². The number of nitrogens with zero attached hydrogens (tertiary/aromatic N) is 1. The number of halogens is 1. The molecule has 19 heavy (non-hydrogen) atoms. The summed E-state index contributed by atoms with van der Waals surface area (Å²) in [5.74, 6) is 0.0108. The van der Waals surface area contributed by atoms with Gasteiger partial charge in [0, 0.05) is 6.04 Å². The monoisotopic (exact) mass is 263 g/mol. The van der Waals surface area contributed by atoms with Crippen LogP contribution in [0.5, 0.6) is 0 Å². The maximum absolute atomic E-state index is 13.0. The Morgan fingerprint density at radius 1 is 1.32 bits per heavy atom. The summed E-state index contributed by atoms with van der Waals surface area (Å²) in [4.78, 5) is 16.6. The first-order valence-electron chi connectivity index (χ1n) is 6.41. The molecule has 0 bridgehead atoms. The van der Waals surface area contributed by atoms with E-state index in [0.29, 0.717) is 12.4 Å². The minimum Gasteiger partial charge on any atom is -0.338 e. The van der Waals surface area contributed by atoms with Crippen molar-refractivity contribution in [1.29, 1.82) is 0 Å². The summed E-state index contributed by atoms with van der Waals surface area (Å²) in [6.45, 7) is 5.78. The van der Waals surface area contributed by atoms with Gasteiger partial charge in [0.15, 0.2) is 5.96 Å². The van der Waals surface area contributed by atoms with Crippen LogP contribution in [0.25, 0.3) is 0 Å². The normalized spacial score (nSPS) is 24.7. The summed E-state index contributed by atoms with van der Waals surface area (Å²) < 4.78 is 13.0. The molecule has 1 saturated heterocycles. The molecule has 1 unspecified atom stereocenters. The van der Waals surface area contributed by atoms with E-state index in [0.717, 1.165) is 5.56 Å². The van der Waals surface area contributed by atoms with Gasteiger partial charge in [-0.05, 0) is 38.0 Å². The van der Waals surface area contributed by atoms with Crippen molar-refractivity contribution in [2.75, 3.05) is 0 Å². The molecule has 1 fully saturated rings. The van der Waals surface area contributed by atoms with E-state index in [1.165, 1.54) is 12.1 Å². The van der Waals surface area contributed by atoms with E-state index in [2.05, 4.69) is 15.6 Å². The summed E-state index contributed by atoms with van der Waals surface area (Å²) in [5, 5.41) is 5.88. The summed E-state index contributed by atoms with van der Waals surface area (Å²) in [7, 11) is 0. The maximum Gasteiger partial charge on any atom is 0.257 e. The first-order chi connectivity index (χ1) is 8.98. The van der Waals surface area contributed by atoms with Crippen molar-refractivity contribution in [3.63, 3.8) is 0 Å². The van der Waals surface area contributed by atoms with Crippen molar-refractivity contribution < 1.29 is 9.18 Å². The zero-order valence-corrected chi connectivity index (χ0v) is 11.3. The fourth-order valence-corrected chi connectivity index (χ4v) is 2.22. The Labute approximate surface area is 112 Å². The van der Waals surface area contributed by atoms with Gasteiger partial charge in [0.05, 0.1) is 0 Å². The van der Waals surface area contributed by atoms with Gasteiger partial charge >= 0.3 is 0 Å². The number of rotatable bonds is 3. The average Bonchev–Trinajstić information content (AvgIpc) is 2.66. The summed E-state index contributed by atoms with van der Waals surface area (Å²) >= 11 is 0. The van der Waals surface area contributed by atoms with Gasteiger partial charge in [-0.3, -0.25) is 15.1 Å². The second-order valence-electron chi connectivity index (χ2n) is 4.92. The van der Waals surface area contributed by atoms with Crippen LogP contribution >= 0.6 is 0 Å². The zero-order valence-electron chi connectivity index (χ0n) is 11.3. The molecule has 4 nitrogen and oxygen atoms in total. The summed E-state index contributed by atoms with van der Waals surface area (Å²) in [6.07, 6.45) is 0.557. The summed E-state index contributed by atoms with van der Waals surface area (Å²) in [6, 6.07) is 6.06. The quantitative estimate of drug-likeness (QED) is 0.875. The number of benzene rings is 1. The average molecular weight is 263 g/mol. The first-order valence-corrected chi connectivity index (χ1v) is 6.41. The van der Waals surface area contributed by atoms with Crippen LogP contribution < -0.4 is 10.6 Å². The molecule has 2 N–H and O–H groups in total. The van der Waals surface area contributed by atoms with Gasteiger partial charge in [0.1, 0.15) is 11.4 Å². The van der Waals surface area contributed by atoms with E-state index in [1.54, 1.807) is 12.1 Å². The van der Waals surface area contributed by atoms with E-state index in [1.807, 2.05) is 20.8 Å². The fraction of sp³-hybridized carbons (Fsp3) is 0.429. The second-order valence-corrected chi connectivity index (χ2v) is 4.92. The molecule has 1 aromatic rings. The third kappa shape index (κ3) is 2.45. The number of hydrogen-bond donors (Lipinski definition) is 2. The lowest BCUT2D eigenvalue weighted by molar-refractivity contribution is -0.124. The molecule has 1 amide bonds. The van der Waals surface area contributed by atoms with Crippen molar-refractivity contribution >= 4 is 11.9 Å². The molecule has 1 atom stereocenters. The number of amides is 1. The Morgan fingerprint density at radius 3 is 2.47 bits per heavy atom. The lowest BCUT2D eigenvalue weighted by Crippen LogP contribution is -2.43. The minimum atomic E-state index is -0.860. The van der Waals surface area contributed by atoms with Crippen molar-refractivity contribution in [2.24, 2.45) is 4.99 Å². The highest BCUT2D eigenvalue weighted by Gasteiger charge is 2.45. The molecule has 0 saturated carbocycles. The molecule has 2 rings (SSSR count). The highest BCUT2D eigenvalue weighted by molar-refractivity contribution is 6.09. The predicted molar refractivity (Wildman–Crippen MR) is 72.2 cm³/mol. The molecule has 0 radical (unpaired) electrons. The van der Waals surface area contributed by atoms with Crippen LogP contribution in [0.1, 0.15) is 32.8 Å². The SMILES string of the molecule is CCC1(c2ccc(F)cc2)NC(=NC(C)C)NC1=O. The van der Waals surface area contributed by atoms with E-state index in [4.69, 9.17) is 0 Å². The smallest absolute Gasteiger partial charge is 0.257 e. The third-order valence-corrected chi connectivity index (χ3v) is 3.21. The Kier molecular flexibility index (Phi) is 3.55. The molecular weight excluding hydrogens is 245 g/mol. The maximum atomic E-state index is 13.0. The van der Waals surface area contributed by atoms with Crippen LogP contribution in [0.3, 0.4) is 0 Å². The standard InChI is InChI=1S/C14H18FN3O/c1-4-14(10-5-7-11(15)8-6-10)12(19)17-13(18-14)16-9(2)3/h5-9H,4H2,1-3H3,(H2,16,17,18,19). The molecule has 5 heteroatoms. The Hall–Kier alpha value is -1.91. The number of carbonyl (C=O) groups is 1.